The van der Waals surface area contributed by atoms with Gasteiger partial charge in [-0.2, -0.15) is 0 Å². The first-order valence-electron chi connectivity index (χ1n) is 9.27. The van der Waals surface area contributed by atoms with Crippen LogP contribution in [0.2, 0.25) is 0 Å². The summed E-state index contributed by atoms with van der Waals surface area (Å²) in [5.41, 5.74) is 0.917. The lowest BCUT2D eigenvalue weighted by molar-refractivity contribution is -0.132. The lowest BCUT2D eigenvalue weighted by atomic mass is 10.00. The van der Waals surface area contributed by atoms with Crippen molar-refractivity contribution in [3.05, 3.63) is 29.8 Å². The summed E-state index contributed by atoms with van der Waals surface area (Å²) in [5, 5.41) is 0. The summed E-state index contributed by atoms with van der Waals surface area (Å²) in [5.74, 6) is 0.812. The predicted octanol–water partition coefficient (Wildman–Crippen LogP) is 2.86. The second-order valence-electron chi connectivity index (χ2n) is 6.82. The molecule has 6 nitrogen and oxygen atoms in total. The molecule has 1 amide bonds. The van der Waals surface area contributed by atoms with Gasteiger partial charge in [0.25, 0.3) is 0 Å². The standard InChI is InChI=1S/C19H30N2O4S/c1-4-19(16-8-10-18(25-3)11-9-16)20-26(23,24)14-12-17-7-5-6-13-21(17)15(2)22/h8-11,17,19-20H,4-7,12-14H2,1-3H3/t17-,19+/m1/s1. The number of amides is 1. The molecule has 26 heavy (non-hydrogen) atoms. The largest absolute Gasteiger partial charge is 0.497 e. The average Bonchev–Trinajstić information content (AvgIpc) is 2.65. The average molecular weight is 383 g/mol. The van der Waals surface area contributed by atoms with Crippen LogP contribution in [0.3, 0.4) is 0 Å². The zero-order valence-corrected chi connectivity index (χ0v) is 16.7. The number of carbonyl (C=O) groups is 1. The Morgan fingerprint density at radius 2 is 2.00 bits per heavy atom. The first-order valence-corrected chi connectivity index (χ1v) is 10.9. The van der Waals surface area contributed by atoms with Crippen LogP contribution in [-0.4, -0.2) is 44.7 Å². The van der Waals surface area contributed by atoms with E-state index in [0.717, 1.165) is 37.1 Å². The molecule has 0 spiro atoms. The highest BCUT2D eigenvalue weighted by Crippen LogP contribution is 2.23. The zero-order chi connectivity index (χ0) is 19.2. The van der Waals surface area contributed by atoms with Crippen LogP contribution in [-0.2, 0) is 14.8 Å². The highest BCUT2D eigenvalue weighted by Gasteiger charge is 2.27. The molecule has 1 aliphatic rings. The van der Waals surface area contributed by atoms with E-state index in [4.69, 9.17) is 4.74 Å². The van der Waals surface area contributed by atoms with Crippen LogP contribution in [0.25, 0.3) is 0 Å². The fourth-order valence-electron chi connectivity index (χ4n) is 3.51. The highest BCUT2D eigenvalue weighted by atomic mass is 32.2. The van der Waals surface area contributed by atoms with E-state index in [1.165, 1.54) is 0 Å². The van der Waals surface area contributed by atoms with Crippen LogP contribution >= 0.6 is 0 Å². The lowest BCUT2D eigenvalue weighted by Crippen LogP contribution is -2.44. The number of nitrogens with zero attached hydrogens (tertiary/aromatic N) is 1. The van der Waals surface area contributed by atoms with Crippen LogP contribution < -0.4 is 9.46 Å². The third-order valence-electron chi connectivity index (χ3n) is 5.00. The molecular formula is C19H30N2O4S. The number of hydrogen-bond donors (Lipinski definition) is 1. The number of carbonyl (C=O) groups excluding carboxylic acids is 1. The second-order valence-corrected chi connectivity index (χ2v) is 8.69. The summed E-state index contributed by atoms with van der Waals surface area (Å²) >= 11 is 0. The normalized spacial score (nSPS) is 19.2. The van der Waals surface area contributed by atoms with Gasteiger partial charge in [0, 0.05) is 25.6 Å². The van der Waals surface area contributed by atoms with Gasteiger partial charge in [-0.05, 0) is 49.8 Å². The van der Waals surface area contributed by atoms with Gasteiger partial charge in [-0.25, -0.2) is 13.1 Å². The Labute approximate surface area is 157 Å². The van der Waals surface area contributed by atoms with Crippen molar-refractivity contribution in [1.82, 2.24) is 9.62 Å². The molecule has 0 bridgehead atoms. The Kier molecular flexibility index (Phi) is 7.46. The van der Waals surface area contributed by atoms with Gasteiger partial charge >= 0.3 is 0 Å². The maximum Gasteiger partial charge on any atom is 0.219 e. The Hall–Kier alpha value is -1.60. The minimum atomic E-state index is -3.42. The first kappa shape index (κ1) is 20.7. The highest BCUT2D eigenvalue weighted by molar-refractivity contribution is 7.89. The number of sulfonamides is 1. The Morgan fingerprint density at radius 3 is 2.58 bits per heavy atom. The topological polar surface area (TPSA) is 75.7 Å². The molecule has 0 aromatic heterocycles. The number of hydrogen-bond acceptors (Lipinski definition) is 4. The summed E-state index contributed by atoms with van der Waals surface area (Å²) in [6.07, 6.45) is 4.06. The van der Waals surface area contributed by atoms with E-state index in [1.807, 2.05) is 36.1 Å². The van der Waals surface area contributed by atoms with E-state index in [-0.39, 0.29) is 23.7 Å². The number of rotatable bonds is 8. The van der Waals surface area contributed by atoms with Gasteiger partial charge in [0.2, 0.25) is 15.9 Å². The lowest BCUT2D eigenvalue weighted by Gasteiger charge is -2.35. The quantitative estimate of drug-likeness (QED) is 0.750. The SMILES string of the molecule is CC[C@H](NS(=O)(=O)CC[C@H]1CCCCN1C(C)=O)c1ccc(OC)cc1. The van der Waals surface area contributed by atoms with Crippen molar-refractivity contribution in [2.24, 2.45) is 0 Å². The van der Waals surface area contributed by atoms with E-state index in [0.29, 0.717) is 12.8 Å². The van der Waals surface area contributed by atoms with Crippen molar-refractivity contribution in [3.8, 4) is 5.75 Å². The maximum absolute atomic E-state index is 12.6. The second kappa shape index (κ2) is 9.37. The van der Waals surface area contributed by atoms with E-state index in [1.54, 1.807) is 14.0 Å². The van der Waals surface area contributed by atoms with Gasteiger partial charge in [0.15, 0.2) is 0 Å². The molecule has 2 rings (SSSR count). The minimum Gasteiger partial charge on any atom is -0.497 e. The summed E-state index contributed by atoms with van der Waals surface area (Å²) in [6, 6.07) is 7.19. The number of likely N-dealkylation sites (tertiary alicyclic amines) is 1. The number of ether oxygens (including phenoxy) is 1. The Balaban J connectivity index is 1.98. The van der Waals surface area contributed by atoms with E-state index in [2.05, 4.69) is 4.72 Å². The van der Waals surface area contributed by atoms with Crippen molar-refractivity contribution in [2.45, 2.75) is 58.0 Å². The van der Waals surface area contributed by atoms with Crippen molar-refractivity contribution >= 4 is 15.9 Å². The van der Waals surface area contributed by atoms with Crippen LogP contribution in [0.4, 0.5) is 0 Å². The molecule has 7 heteroatoms. The van der Waals surface area contributed by atoms with Crippen molar-refractivity contribution in [2.75, 3.05) is 19.4 Å². The monoisotopic (exact) mass is 382 g/mol. The van der Waals surface area contributed by atoms with Crippen molar-refractivity contribution in [3.63, 3.8) is 0 Å². The van der Waals surface area contributed by atoms with Gasteiger partial charge in [0.05, 0.1) is 12.9 Å². The van der Waals surface area contributed by atoms with E-state index >= 15 is 0 Å². The molecule has 0 unspecified atom stereocenters. The summed E-state index contributed by atoms with van der Waals surface area (Å²) in [7, 11) is -1.82. The summed E-state index contributed by atoms with van der Waals surface area (Å²) < 4.78 is 33.1. The van der Waals surface area contributed by atoms with Gasteiger partial charge < -0.3 is 9.64 Å². The van der Waals surface area contributed by atoms with Gasteiger partial charge in [-0.1, -0.05) is 19.1 Å². The van der Waals surface area contributed by atoms with Crippen molar-refractivity contribution < 1.29 is 17.9 Å². The third kappa shape index (κ3) is 5.71. The van der Waals surface area contributed by atoms with Gasteiger partial charge in [-0.15, -0.1) is 0 Å². The first-order chi connectivity index (χ1) is 12.4. The molecule has 1 heterocycles. The van der Waals surface area contributed by atoms with Gasteiger partial charge in [0.1, 0.15) is 5.75 Å². The molecule has 0 radical (unpaired) electrons. The summed E-state index contributed by atoms with van der Waals surface area (Å²) in [6.45, 7) is 4.24. The molecular weight excluding hydrogens is 352 g/mol. The van der Waals surface area contributed by atoms with Crippen LogP contribution in [0.5, 0.6) is 5.75 Å². The maximum atomic E-state index is 12.6. The predicted molar refractivity (Wildman–Crippen MR) is 103 cm³/mol. The molecule has 146 valence electrons. The molecule has 1 aromatic rings. The number of methoxy groups -OCH3 is 1. The third-order valence-corrected chi connectivity index (χ3v) is 6.42. The molecule has 1 fully saturated rings. The zero-order valence-electron chi connectivity index (χ0n) is 15.9. The van der Waals surface area contributed by atoms with Crippen molar-refractivity contribution in [1.29, 1.82) is 0 Å². The number of nitrogens with one attached hydrogen (secondary N) is 1. The summed E-state index contributed by atoms with van der Waals surface area (Å²) in [4.78, 5) is 13.6. The smallest absolute Gasteiger partial charge is 0.219 e. The molecule has 1 saturated heterocycles. The number of benzene rings is 1. The molecule has 1 aliphatic heterocycles. The fraction of sp³-hybridized carbons (Fsp3) is 0.632. The van der Waals surface area contributed by atoms with Crippen LogP contribution in [0, 0.1) is 0 Å². The van der Waals surface area contributed by atoms with E-state index in [9.17, 15) is 13.2 Å². The van der Waals surface area contributed by atoms with E-state index < -0.39 is 10.0 Å². The number of piperidine rings is 1. The van der Waals surface area contributed by atoms with Gasteiger partial charge in [-0.3, -0.25) is 4.79 Å². The molecule has 2 atom stereocenters. The Morgan fingerprint density at radius 1 is 1.31 bits per heavy atom. The van der Waals surface area contributed by atoms with Crippen LogP contribution in [0.1, 0.15) is 57.6 Å². The fourth-order valence-corrected chi connectivity index (χ4v) is 4.94. The minimum absolute atomic E-state index is 0.0267. The Bertz CT molecular complexity index is 688. The molecule has 0 aliphatic carbocycles. The van der Waals surface area contributed by atoms with Crippen LogP contribution in [0.15, 0.2) is 24.3 Å². The molecule has 0 saturated carbocycles. The molecule has 1 N–H and O–H groups in total. The molecule has 1 aromatic carbocycles.